The summed E-state index contributed by atoms with van der Waals surface area (Å²) in [6.45, 7) is 1.72. The Morgan fingerprint density at radius 1 is 1.21 bits per heavy atom. The standard InChI is InChI=1S/C15H15N3O/c1-10(19)13-4-3-5-14(17-13)11-6-8-16-15-12(11)7-9-18(15)2/h3-10,19H,1-2H3. The minimum absolute atomic E-state index is 0.562. The number of aromatic nitrogens is 3. The molecule has 0 amide bonds. The molecule has 0 aliphatic carbocycles. The van der Waals surface area contributed by atoms with Crippen LogP contribution < -0.4 is 0 Å². The van der Waals surface area contributed by atoms with Gasteiger partial charge in [0.2, 0.25) is 0 Å². The maximum absolute atomic E-state index is 9.63. The number of hydrogen-bond donors (Lipinski definition) is 1. The third-order valence-electron chi connectivity index (χ3n) is 3.24. The van der Waals surface area contributed by atoms with E-state index >= 15 is 0 Å². The highest BCUT2D eigenvalue weighted by atomic mass is 16.3. The number of fused-ring (bicyclic) bond motifs is 1. The first-order valence-corrected chi connectivity index (χ1v) is 6.22. The van der Waals surface area contributed by atoms with Crippen molar-refractivity contribution in [2.45, 2.75) is 13.0 Å². The summed E-state index contributed by atoms with van der Waals surface area (Å²) in [6.07, 6.45) is 3.21. The van der Waals surface area contributed by atoms with Crippen molar-refractivity contribution in [2.24, 2.45) is 7.05 Å². The normalized spacial score (nSPS) is 12.8. The van der Waals surface area contributed by atoms with E-state index in [9.17, 15) is 5.11 Å². The van der Waals surface area contributed by atoms with Gasteiger partial charge in [-0.1, -0.05) is 6.07 Å². The molecule has 3 aromatic heterocycles. The summed E-state index contributed by atoms with van der Waals surface area (Å²) in [7, 11) is 1.97. The first-order valence-electron chi connectivity index (χ1n) is 6.22. The molecule has 0 bridgehead atoms. The Kier molecular flexibility index (Phi) is 2.80. The molecule has 1 atom stereocenters. The highest BCUT2D eigenvalue weighted by molar-refractivity contribution is 5.92. The van der Waals surface area contributed by atoms with Crippen molar-refractivity contribution in [1.82, 2.24) is 14.5 Å². The first kappa shape index (κ1) is 11.9. The van der Waals surface area contributed by atoms with Gasteiger partial charge in [-0.15, -0.1) is 0 Å². The van der Waals surface area contributed by atoms with E-state index < -0.39 is 6.10 Å². The Bertz CT molecular complexity index is 731. The quantitative estimate of drug-likeness (QED) is 0.764. The van der Waals surface area contributed by atoms with Crippen LogP contribution in [0.4, 0.5) is 0 Å². The zero-order chi connectivity index (χ0) is 13.4. The molecule has 1 N–H and O–H groups in total. The highest BCUT2D eigenvalue weighted by Gasteiger charge is 2.10. The van der Waals surface area contributed by atoms with E-state index in [1.54, 1.807) is 13.1 Å². The summed E-state index contributed by atoms with van der Waals surface area (Å²) in [5.74, 6) is 0. The molecule has 0 saturated carbocycles. The number of rotatable bonds is 2. The number of pyridine rings is 2. The van der Waals surface area contributed by atoms with E-state index in [0.29, 0.717) is 5.69 Å². The monoisotopic (exact) mass is 253 g/mol. The molecule has 0 aromatic carbocycles. The van der Waals surface area contributed by atoms with Gasteiger partial charge in [0.05, 0.1) is 17.5 Å². The molecule has 3 rings (SSSR count). The van der Waals surface area contributed by atoms with Gasteiger partial charge < -0.3 is 9.67 Å². The van der Waals surface area contributed by atoms with Crippen LogP contribution in [0, 0.1) is 0 Å². The lowest BCUT2D eigenvalue weighted by molar-refractivity contribution is 0.194. The molecule has 0 spiro atoms. The van der Waals surface area contributed by atoms with Crippen molar-refractivity contribution in [2.75, 3.05) is 0 Å². The van der Waals surface area contributed by atoms with Crippen molar-refractivity contribution in [3.63, 3.8) is 0 Å². The largest absolute Gasteiger partial charge is 0.387 e. The van der Waals surface area contributed by atoms with Crippen molar-refractivity contribution in [3.05, 3.63) is 48.4 Å². The Hall–Kier alpha value is -2.20. The van der Waals surface area contributed by atoms with Gasteiger partial charge in [0.25, 0.3) is 0 Å². The summed E-state index contributed by atoms with van der Waals surface area (Å²) in [5.41, 5.74) is 3.50. The average Bonchev–Trinajstić information content (AvgIpc) is 2.81. The number of aliphatic hydroxyl groups is 1. The maximum atomic E-state index is 9.63. The van der Waals surface area contributed by atoms with Crippen LogP contribution in [0.25, 0.3) is 22.3 Å². The van der Waals surface area contributed by atoms with E-state index in [0.717, 1.165) is 22.3 Å². The molecule has 0 saturated heterocycles. The zero-order valence-electron chi connectivity index (χ0n) is 10.9. The van der Waals surface area contributed by atoms with Gasteiger partial charge in [-0.3, -0.25) is 4.98 Å². The number of hydrogen-bond acceptors (Lipinski definition) is 3. The molecule has 0 radical (unpaired) electrons. The molecule has 4 heteroatoms. The fourth-order valence-electron chi connectivity index (χ4n) is 2.22. The minimum atomic E-state index is -0.562. The summed E-state index contributed by atoms with van der Waals surface area (Å²) < 4.78 is 1.98. The molecule has 19 heavy (non-hydrogen) atoms. The first-order chi connectivity index (χ1) is 9.16. The van der Waals surface area contributed by atoms with Crippen LogP contribution in [0.1, 0.15) is 18.7 Å². The summed E-state index contributed by atoms with van der Waals surface area (Å²) in [5, 5.41) is 10.7. The number of nitrogens with zero attached hydrogens (tertiary/aromatic N) is 3. The van der Waals surface area contributed by atoms with Gasteiger partial charge in [0, 0.05) is 30.4 Å². The van der Waals surface area contributed by atoms with Crippen molar-refractivity contribution in [1.29, 1.82) is 0 Å². The van der Waals surface area contributed by atoms with Gasteiger partial charge in [-0.25, -0.2) is 4.98 Å². The van der Waals surface area contributed by atoms with Crippen LogP contribution in [0.5, 0.6) is 0 Å². The van der Waals surface area contributed by atoms with Crippen molar-refractivity contribution < 1.29 is 5.11 Å². The van der Waals surface area contributed by atoms with E-state index in [1.165, 1.54) is 0 Å². The average molecular weight is 253 g/mol. The van der Waals surface area contributed by atoms with E-state index in [2.05, 4.69) is 9.97 Å². The van der Waals surface area contributed by atoms with Gasteiger partial charge in [-0.05, 0) is 31.2 Å². The predicted molar refractivity (Wildman–Crippen MR) is 74.6 cm³/mol. The van der Waals surface area contributed by atoms with E-state index in [-0.39, 0.29) is 0 Å². The second-order valence-electron chi connectivity index (χ2n) is 4.65. The third kappa shape index (κ3) is 2.00. The Balaban J connectivity index is 2.21. The second-order valence-corrected chi connectivity index (χ2v) is 4.65. The number of aryl methyl sites for hydroxylation is 1. The molecule has 3 heterocycles. The topological polar surface area (TPSA) is 50.9 Å². The lowest BCUT2D eigenvalue weighted by atomic mass is 10.1. The minimum Gasteiger partial charge on any atom is -0.387 e. The van der Waals surface area contributed by atoms with Crippen LogP contribution in [-0.4, -0.2) is 19.6 Å². The molecule has 0 aliphatic heterocycles. The van der Waals surface area contributed by atoms with Crippen LogP contribution in [0.3, 0.4) is 0 Å². The molecular formula is C15H15N3O. The molecule has 0 aliphatic rings. The van der Waals surface area contributed by atoms with E-state index in [1.807, 2.05) is 48.1 Å². The van der Waals surface area contributed by atoms with Crippen LogP contribution in [0.15, 0.2) is 42.7 Å². The fraction of sp³-hybridized carbons (Fsp3) is 0.200. The molecule has 96 valence electrons. The van der Waals surface area contributed by atoms with Crippen LogP contribution in [0.2, 0.25) is 0 Å². The smallest absolute Gasteiger partial charge is 0.140 e. The summed E-state index contributed by atoms with van der Waals surface area (Å²) >= 11 is 0. The maximum Gasteiger partial charge on any atom is 0.140 e. The van der Waals surface area contributed by atoms with Crippen molar-refractivity contribution >= 4 is 11.0 Å². The molecule has 3 aromatic rings. The van der Waals surface area contributed by atoms with Crippen LogP contribution >= 0.6 is 0 Å². The Morgan fingerprint density at radius 2 is 2.05 bits per heavy atom. The Morgan fingerprint density at radius 3 is 2.84 bits per heavy atom. The SMILES string of the molecule is CC(O)c1cccc(-c2ccnc3c2ccn3C)n1. The zero-order valence-corrected chi connectivity index (χ0v) is 10.9. The molecular weight excluding hydrogens is 238 g/mol. The van der Waals surface area contributed by atoms with Gasteiger partial charge in [0.1, 0.15) is 5.65 Å². The second kappa shape index (κ2) is 4.48. The lowest BCUT2D eigenvalue weighted by Gasteiger charge is -2.07. The van der Waals surface area contributed by atoms with E-state index in [4.69, 9.17) is 0 Å². The molecule has 0 fully saturated rings. The van der Waals surface area contributed by atoms with Crippen molar-refractivity contribution in [3.8, 4) is 11.3 Å². The Labute approximate surface area is 111 Å². The van der Waals surface area contributed by atoms with Crippen LogP contribution in [-0.2, 0) is 7.05 Å². The molecule has 1 unspecified atom stereocenters. The van der Waals surface area contributed by atoms with Gasteiger partial charge >= 0.3 is 0 Å². The third-order valence-corrected chi connectivity index (χ3v) is 3.24. The summed E-state index contributed by atoms with van der Waals surface area (Å²) in [6, 6.07) is 9.69. The number of aliphatic hydroxyl groups excluding tert-OH is 1. The predicted octanol–water partition coefficient (Wildman–Crippen LogP) is 2.69. The fourth-order valence-corrected chi connectivity index (χ4v) is 2.22. The van der Waals surface area contributed by atoms with Gasteiger partial charge in [0.15, 0.2) is 0 Å². The lowest BCUT2D eigenvalue weighted by Crippen LogP contribution is -1.97. The highest BCUT2D eigenvalue weighted by Crippen LogP contribution is 2.27. The summed E-state index contributed by atoms with van der Waals surface area (Å²) in [4.78, 5) is 8.89. The molecule has 4 nitrogen and oxygen atoms in total. The van der Waals surface area contributed by atoms with Gasteiger partial charge in [-0.2, -0.15) is 0 Å².